The van der Waals surface area contributed by atoms with Crippen molar-refractivity contribution in [2.24, 2.45) is 0 Å². The van der Waals surface area contributed by atoms with Crippen molar-refractivity contribution in [3.63, 3.8) is 0 Å². The second-order valence-corrected chi connectivity index (χ2v) is 7.73. The van der Waals surface area contributed by atoms with Gasteiger partial charge in [-0.3, -0.25) is 4.79 Å². The zero-order valence-electron chi connectivity index (χ0n) is 15.3. The van der Waals surface area contributed by atoms with Crippen LogP contribution in [0, 0.1) is 0 Å². The molecule has 1 N–H and O–H groups in total. The molecule has 2 atom stereocenters. The van der Waals surface area contributed by atoms with E-state index in [0.717, 1.165) is 24.9 Å². The molecule has 144 valence electrons. The molecule has 0 aromatic heterocycles. The lowest BCUT2D eigenvalue weighted by Gasteiger charge is -2.29. The van der Waals surface area contributed by atoms with E-state index in [1.54, 1.807) is 31.2 Å². The lowest BCUT2D eigenvalue weighted by molar-refractivity contribution is -0.139. The third-order valence-electron chi connectivity index (χ3n) is 4.63. The summed E-state index contributed by atoms with van der Waals surface area (Å²) in [6.07, 6.45) is 1.60. The van der Waals surface area contributed by atoms with Crippen LogP contribution < -0.4 is 10.1 Å². The van der Waals surface area contributed by atoms with Crippen molar-refractivity contribution < 1.29 is 9.53 Å². The summed E-state index contributed by atoms with van der Waals surface area (Å²) < 4.78 is 5.84. The number of halogens is 2. The minimum Gasteiger partial charge on any atom is -0.481 e. The van der Waals surface area contributed by atoms with Crippen molar-refractivity contribution in [3.8, 4) is 5.75 Å². The first-order valence-corrected chi connectivity index (χ1v) is 9.95. The van der Waals surface area contributed by atoms with Gasteiger partial charge < -0.3 is 15.0 Å². The summed E-state index contributed by atoms with van der Waals surface area (Å²) in [5, 5.41) is 4.71. The molecule has 2 aromatic carbocycles. The molecule has 1 heterocycles. The van der Waals surface area contributed by atoms with Crippen LogP contribution >= 0.6 is 23.2 Å². The van der Waals surface area contributed by atoms with Crippen molar-refractivity contribution >= 4 is 29.1 Å². The lowest BCUT2D eigenvalue weighted by atomic mass is 10.1. The number of hydrogen-bond acceptors (Lipinski definition) is 3. The molecule has 1 fully saturated rings. The summed E-state index contributed by atoms with van der Waals surface area (Å²) in [4.78, 5) is 15.0. The molecule has 0 aliphatic carbocycles. The Bertz CT molecular complexity index is 778. The maximum absolute atomic E-state index is 13.1. The Morgan fingerprint density at radius 1 is 1.22 bits per heavy atom. The van der Waals surface area contributed by atoms with Gasteiger partial charge in [-0.25, -0.2) is 0 Å². The van der Waals surface area contributed by atoms with E-state index in [1.807, 2.05) is 29.2 Å². The van der Waals surface area contributed by atoms with Crippen LogP contribution in [0.4, 0.5) is 0 Å². The Balaban J connectivity index is 1.72. The Kier molecular flexibility index (Phi) is 7.00. The number of benzene rings is 2. The molecule has 1 aliphatic heterocycles. The van der Waals surface area contributed by atoms with E-state index >= 15 is 0 Å². The number of nitrogens with zero attached hydrogens (tertiary/aromatic N) is 1. The third-order valence-corrected chi connectivity index (χ3v) is 5.10. The fourth-order valence-corrected chi connectivity index (χ4v) is 3.71. The van der Waals surface area contributed by atoms with Gasteiger partial charge in [-0.1, -0.05) is 41.4 Å². The van der Waals surface area contributed by atoms with Crippen LogP contribution in [0.25, 0.3) is 0 Å². The van der Waals surface area contributed by atoms with Gasteiger partial charge in [0.25, 0.3) is 5.91 Å². The molecule has 0 bridgehead atoms. The van der Waals surface area contributed by atoms with Crippen molar-refractivity contribution in [2.75, 3.05) is 13.1 Å². The van der Waals surface area contributed by atoms with Gasteiger partial charge in [0.05, 0.1) is 0 Å². The standard InChI is InChI=1S/C21H24Cl2N2O2/c1-15(27-20-9-3-7-18(23)12-20)21(26)25(14-19-8-4-10-24-19)13-16-5-2-6-17(22)11-16/h2-3,5-7,9,11-12,15,19,24H,4,8,10,13-14H2,1H3. The van der Waals surface area contributed by atoms with Gasteiger partial charge >= 0.3 is 0 Å². The van der Waals surface area contributed by atoms with Crippen LogP contribution in [0.15, 0.2) is 48.5 Å². The van der Waals surface area contributed by atoms with Crippen molar-refractivity contribution in [1.82, 2.24) is 10.2 Å². The van der Waals surface area contributed by atoms with E-state index in [0.29, 0.717) is 34.9 Å². The topological polar surface area (TPSA) is 41.6 Å². The van der Waals surface area contributed by atoms with Crippen LogP contribution in [0.5, 0.6) is 5.75 Å². The highest BCUT2D eigenvalue weighted by atomic mass is 35.5. The highest BCUT2D eigenvalue weighted by molar-refractivity contribution is 6.30. The molecule has 1 saturated heterocycles. The molecule has 27 heavy (non-hydrogen) atoms. The average molecular weight is 407 g/mol. The monoisotopic (exact) mass is 406 g/mol. The second-order valence-electron chi connectivity index (χ2n) is 6.86. The summed E-state index contributed by atoms with van der Waals surface area (Å²) in [5.41, 5.74) is 1.00. The first-order valence-electron chi connectivity index (χ1n) is 9.20. The van der Waals surface area contributed by atoms with Crippen molar-refractivity contribution in [3.05, 3.63) is 64.1 Å². The largest absolute Gasteiger partial charge is 0.481 e. The third kappa shape index (κ3) is 5.86. The maximum atomic E-state index is 13.1. The molecule has 2 unspecified atom stereocenters. The number of nitrogens with one attached hydrogen (secondary N) is 1. The number of carbonyl (C=O) groups excluding carboxylic acids is 1. The molecule has 1 amide bonds. The molecular formula is C21H24Cl2N2O2. The second kappa shape index (κ2) is 9.45. The zero-order chi connectivity index (χ0) is 19.2. The minimum absolute atomic E-state index is 0.0522. The van der Waals surface area contributed by atoms with E-state index in [4.69, 9.17) is 27.9 Å². The number of amides is 1. The predicted molar refractivity (Wildman–Crippen MR) is 109 cm³/mol. The predicted octanol–water partition coefficient (Wildman–Crippen LogP) is 4.54. The molecule has 3 rings (SSSR count). The summed E-state index contributed by atoms with van der Waals surface area (Å²) in [5.74, 6) is 0.536. The van der Waals surface area contributed by atoms with Gasteiger partial charge in [0, 0.05) is 29.2 Å². The summed E-state index contributed by atoms with van der Waals surface area (Å²) >= 11 is 12.1. The molecule has 1 aliphatic rings. The van der Waals surface area contributed by atoms with Crippen LogP contribution in [-0.2, 0) is 11.3 Å². The molecule has 0 spiro atoms. The number of hydrogen-bond donors (Lipinski definition) is 1. The highest BCUT2D eigenvalue weighted by Crippen LogP contribution is 2.20. The van der Waals surface area contributed by atoms with Crippen LogP contribution in [0.2, 0.25) is 10.0 Å². The molecule has 0 radical (unpaired) electrons. The fraction of sp³-hybridized carbons (Fsp3) is 0.381. The van der Waals surface area contributed by atoms with Gasteiger partial charge in [0.1, 0.15) is 5.75 Å². The molecule has 0 saturated carbocycles. The summed E-state index contributed by atoms with van der Waals surface area (Å²) in [6, 6.07) is 15.0. The van der Waals surface area contributed by atoms with Crippen LogP contribution in [0.3, 0.4) is 0 Å². The molecule has 4 nitrogen and oxygen atoms in total. The lowest BCUT2D eigenvalue weighted by Crippen LogP contribution is -2.45. The van der Waals surface area contributed by atoms with E-state index in [1.165, 1.54) is 0 Å². The van der Waals surface area contributed by atoms with Gasteiger partial charge in [-0.2, -0.15) is 0 Å². The van der Waals surface area contributed by atoms with Gasteiger partial charge in [-0.15, -0.1) is 0 Å². The van der Waals surface area contributed by atoms with Crippen LogP contribution in [0.1, 0.15) is 25.3 Å². The van der Waals surface area contributed by atoms with Gasteiger partial charge in [-0.05, 0) is 62.2 Å². The first-order chi connectivity index (χ1) is 13.0. The summed E-state index contributed by atoms with van der Waals surface area (Å²) in [6.45, 7) is 3.92. The molecule has 6 heteroatoms. The van der Waals surface area contributed by atoms with E-state index in [-0.39, 0.29) is 5.91 Å². The average Bonchev–Trinajstić information content (AvgIpc) is 3.14. The SMILES string of the molecule is CC(Oc1cccc(Cl)c1)C(=O)N(Cc1cccc(Cl)c1)CC1CCCN1. The van der Waals surface area contributed by atoms with Crippen LogP contribution in [-0.4, -0.2) is 36.0 Å². The van der Waals surface area contributed by atoms with E-state index in [9.17, 15) is 4.79 Å². The Labute approximate surface area is 170 Å². The maximum Gasteiger partial charge on any atom is 0.263 e. The smallest absolute Gasteiger partial charge is 0.263 e. The van der Waals surface area contributed by atoms with Gasteiger partial charge in [0.2, 0.25) is 0 Å². The van der Waals surface area contributed by atoms with E-state index in [2.05, 4.69) is 5.32 Å². The molecular weight excluding hydrogens is 383 g/mol. The highest BCUT2D eigenvalue weighted by Gasteiger charge is 2.26. The number of ether oxygens (including phenoxy) is 1. The first kappa shape index (κ1) is 20.0. The minimum atomic E-state index is -0.607. The fourth-order valence-electron chi connectivity index (χ4n) is 3.32. The Morgan fingerprint density at radius 3 is 2.63 bits per heavy atom. The zero-order valence-corrected chi connectivity index (χ0v) is 16.8. The number of rotatable bonds is 7. The number of carbonyl (C=O) groups is 1. The van der Waals surface area contributed by atoms with E-state index < -0.39 is 6.10 Å². The normalized spacial score (nSPS) is 17.5. The van der Waals surface area contributed by atoms with Gasteiger partial charge in [0.15, 0.2) is 6.10 Å². The Hall–Kier alpha value is -1.75. The Morgan fingerprint density at radius 2 is 1.96 bits per heavy atom. The van der Waals surface area contributed by atoms with Crippen molar-refractivity contribution in [2.45, 2.75) is 38.5 Å². The molecule has 2 aromatic rings. The quantitative estimate of drug-likeness (QED) is 0.733. The van der Waals surface area contributed by atoms with Crippen molar-refractivity contribution in [1.29, 1.82) is 0 Å². The summed E-state index contributed by atoms with van der Waals surface area (Å²) in [7, 11) is 0.